The number of nitrogens with one attached hydrogen (secondary N) is 2. The minimum atomic E-state index is -0.501. The Morgan fingerprint density at radius 2 is 1.81 bits per heavy atom. The van der Waals surface area contributed by atoms with Crippen LogP contribution in [0.1, 0.15) is 46.2 Å². The molecule has 21 heavy (non-hydrogen) atoms. The summed E-state index contributed by atoms with van der Waals surface area (Å²) in [6.45, 7) is 9.96. The zero-order valence-electron chi connectivity index (χ0n) is 13.4. The van der Waals surface area contributed by atoms with Crippen LogP contribution < -0.4 is 10.6 Å². The molecule has 0 aliphatic rings. The average Bonchev–Trinajstić information content (AvgIpc) is 2.34. The minimum Gasteiger partial charge on any atom is -0.444 e. The summed E-state index contributed by atoms with van der Waals surface area (Å²) >= 11 is 0. The third-order valence-corrected chi connectivity index (χ3v) is 2.86. The summed E-state index contributed by atoms with van der Waals surface area (Å²) in [6.07, 6.45) is -0.425. The second kappa shape index (κ2) is 7.41. The van der Waals surface area contributed by atoms with E-state index >= 15 is 0 Å². The summed E-state index contributed by atoms with van der Waals surface area (Å²) in [5, 5.41) is 6.06. The Bertz CT molecular complexity index is 454. The highest BCUT2D eigenvalue weighted by atomic mass is 19.1. The fourth-order valence-corrected chi connectivity index (χ4v) is 1.78. The molecule has 0 saturated carbocycles. The molecule has 0 saturated heterocycles. The van der Waals surface area contributed by atoms with Crippen molar-refractivity contribution in [1.29, 1.82) is 0 Å². The van der Waals surface area contributed by atoms with Crippen molar-refractivity contribution in [3.05, 3.63) is 35.6 Å². The molecule has 5 heteroatoms. The monoisotopic (exact) mass is 296 g/mol. The Labute approximate surface area is 126 Å². The van der Waals surface area contributed by atoms with E-state index in [1.807, 2.05) is 34.6 Å². The van der Waals surface area contributed by atoms with Gasteiger partial charge < -0.3 is 15.4 Å². The third-order valence-electron chi connectivity index (χ3n) is 2.86. The molecule has 0 bridgehead atoms. The number of alkyl carbamates (subject to hydrolysis) is 1. The number of rotatable bonds is 5. The first-order chi connectivity index (χ1) is 9.67. The van der Waals surface area contributed by atoms with Crippen LogP contribution in [0.15, 0.2) is 24.3 Å². The van der Waals surface area contributed by atoms with Gasteiger partial charge in [0.15, 0.2) is 0 Å². The SMILES string of the molecule is CC(CNC(C)c1ccc(F)cc1)NC(=O)OC(C)(C)C. The standard InChI is InChI=1S/C16H25FN2O2/c1-11(19-15(20)21-16(3,4)5)10-18-12(2)13-6-8-14(17)9-7-13/h6-9,11-12,18H,10H2,1-5H3,(H,19,20). The van der Waals surface area contributed by atoms with E-state index < -0.39 is 11.7 Å². The minimum absolute atomic E-state index is 0.0669. The van der Waals surface area contributed by atoms with Crippen molar-refractivity contribution in [1.82, 2.24) is 10.6 Å². The van der Waals surface area contributed by atoms with E-state index in [4.69, 9.17) is 4.74 Å². The van der Waals surface area contributed by atoms with E-state index in [2.05, 4.69) is 10.6 Å². The van der Waals surface area contributed by atoms with Crippen LogP contribution in [0.5, 0.6) is 0 Å². The van der Waals surface area contributed by atoms with E-state index in [1.165, 1.54) is 12.1 Å². The van der Waals surface area contributed by atoms with E-state index in [1.54, 1.807) is 12.1 Å². The van der Waals surface area contributed by atoms with Crippen LogP contribution in [-0.4, -0.2) is 24.3 Å². The van der Waals surface area contributed by atoms with Crippen molar-refractivity contribution in [2.24, 2.45) is 0 Å². The molecule has 0 fully saturated rings. The number of carbonyl (C=O) groups is 1. The molecule has 0 radical (unpaired) electrons. The Balaban J connectivity index is 2.37. The van der Waals surface area contributed by atoms with Gasteiger partial charge in [-0.15, -0.1) is 0 Å². The van der Waals surface area contributed by atoms with Gasteiger partial charge in [-0.05, 0) is 52.3 Å². The molecule has 0 heterocycles. The molecule has 0 aliphatic carbocycles. The molecule has 2 atom stereocenters. The molecule has 0 aromatic heterocycles. The van der Waals surface area contributed by atoms with Gasteiger partial charge in [0.05, 0.1) is 0 Å². The Morgan fingerprint density at radius 3 is 2.33 bits per heavy atom. The van der Waals surface area contributed by atoms with Crippen molar-refractivity contribution in [3.63, 3.8) is 0 Å². The first-order valence-electron chi connectivity index (χ1n) is 7.16. The molecule has 118 valence electrons. The highest BCUT2D eigenvalue weighted by Gasteiger charge is 2.17. The maximum atomic E-state index is 12.9. The van der Waals surface area contributed by atoms with Crippen molar-refractivity contribution < 1.29 is 13.9 Å². The normalized spacial score (nSPS) is 14.4. The first kappa shape index (κ1) is 17.4. The molecule has 1 aromatic rings. The number of carbonyl (C=O) groups excluding carboxylic acids is 1. The highest BCUT2D eigenvalue weighted by Crippen LogP contribution is 2.12. The van der Waals surface area contributed by atoms with Crippen LogP contribution in [0.4, 0.5) is 9.18 Å². The molecule has 4 nitrogen and oxygen atoms in total. The Morgan fingerprint density at radius 1 is 1.24 bits per heavy atom. The molecule has 0 spiro atoms. The zero-order chi connectivity index (χ0) is 16.0. The van der Waals surface area contributed by atoms with Crippen LogP contribution in [0.25, 0.3) is 0 Å². The van der Waals surface area contributed by atoms with Crippen LogP contribution in [0, 0.1) is 5.82 Å². The summed E-state index contributed by atoms with van der Waals surface area (Å²) in [5.41, 5.74) is 0.499. The Kier molecular flexibility index (Phi) is 6.15. The second-order valence-electron chi connectivity index (χ2n) is 6.23. The van der Waals surface area contributed by atoms with Crippen LogP contribution in [0.2, 0.25) is 0 Å². The predicted octanol–water partition coefficient (Wildman–Crippen LogP) is 3.39. The number of halogens is 1. The molecule has 1 rings (SSSR count). The van der Waals surface area contributed by atoms with E-state index in [-0.39, 0.29) is 17.9 Å². The highest BCUT2D eigenvalue weighted by molar-refractivity contribution is 5.68. The fraction of sp³-hybridized carbons (Fsp3) is 0.562. The quantitative estimate of drug-likeness (QED) is 0.875. The summed E-state index contributed by atoms with van der Waals surface area (Å²) < 4.78 is 18.1. The maximum absolute atomic E-state index is 12.9. The molecule has 1 aromatic carbocycles. The van der Waals surface area contributed by atoms with Crippen LogP contribution in [0.3, 0.4) is 0 Å². The van der Waals surface area contributed by atoms with Crippen molar-refractivity contribution in [2.75, 3.05) is 6.54 Å². The largest absolute Gasteiger partial charge is 0.444 e. The van der Waals surface area contributed by atoms with Gasteiger partial charge in [-0.1, -0.05) is 12.1 Å². The average molecular weight is 296 g/mol. The predicted molar refractivity (Wildman–Crippen MR) is 81.6 cm³/mol. The molecule has 2 N–H and O–H groups in total. The van der Waals surface area contributed by atoms with Crippen molar-refractivity contribution in [3.8, 4) is 0 Å². The number of hydrogen-bond acceptors (Lipinski definition) is 3. The summed E-state index contributed by atoms with van der Waals surface area (Å²) in [6, 6.07) is 6.39. The molecular weight excluding hydrogens is 271 g/mol. The van der Waals surface area contributed by atoms with Gasteiger partial charge in [0, 0.05) is 18.6 Å². The number of hydrogen-bond donors (Lipinski definition) is 2. The summed E-state index contributed by atoms with van der Waals surface area (Å²) in [4.78, 5) is 11.6. The third kappa shape index (κ3) is 7.09. The van der Waals surface area contributed by atoms with Crippen molar-refractivity contribution >= 4 is 6.09 Å². The number of benzene rings is 1. The summed E-state index contributed by atoms with van der Waals surface area (Å²) in [7, 11) is 0. The first-order valence-corrected chi connectivity index (χ1v) is 7.16. The van der Waals surface area contributed by atoms with Crippen LogP contribution in [-0.2, 0) is 4.74 Å². The lowest BCUT2D eigenvalue weighted by atomic mass is 10.1. The topological polar surface area (TPSA) is 50.4 Å². The number of ether oxygens (including phenoxy) is 1. The van der Waals surface area contributed by atoms with Gasteiger partial charge in [-0.3, -0.25) is 0 Å². The maximum Gasteiger partial charge on any atom is 0.407 e. The van der Waals surface area contributed by atoms with Gasteiger partial charge in [0.1, 0.15) is 11.4 Å². The molecular formula is C16H25FN2O2. The van der Waals surface area contributed by atoms with E-state index in [0.717, 1.165) is 5.56 Å². The van der Waals surface area contributed by atoms with Crippen LogP contribution >= 0.6 is 0 Å². The van der Waals surface area contributed by atoms with Gasteiger partial charge in [-0.2, -0.15) is 0 Å². The lowest BCUT2D eigenvalue weighted by Gasteiger charge is -2.23. The fourth-order valence-electron chi connectivity index (χ4n) is 1.78. The van der Waals surface area contributed by atoms with E-state index in [9.17, 15) is 9.18 Å². The van der Waals surface area contributed by atoms with E-state index in [0.29, 0.717) is 6.54 Å². The Hall–Kier alpha value is -1.62. The summed E-state index contributed by atoms with van der Waals surface area (Å²) in [5.74, 6) is -0.245. The van der Waals surface area contributed by atoms with Crippen molar-refractivity contribution in [2.45, 2.75) is 52.3 Å². The van der Waals surface area contributed by atoms with Gasteiger partial charge in [0.2, 0.25) is 0 Å². The molecule has 1 amide bonds. The lowest BCUT2D eigenvalue weighted by molar-refractivity contribution is 0.0507. The second-order valence-corrected chi connectivity index (χ2v) is 6.23. The molecule has 0 aliphatic heterocycles. The van der Waals surface area contributed by atoms with Gasteiger partial charge >= 0.3 is 6.09 Å². The zero-order valence-corrected chi connectivity index (χ0v) is 13.4. The molecule has 2 unspecified atom stereocenters. The smallest absolute Gasteiger partial charge is 0.407 e. The van der Waals surface area contributed by atoms with Gasteiger partial charge in [-0.25, -0.2) is 9.18 Å². The number of amides is 1. The lowest BCUT2D eigenvalue weighted by Crippen LogP contribution is -2.43. The van der Waals surface area contributed by atoms with Gasteiger partial charge in [0.25, 0.3) is 0 Å².